The highest BCUT2D eigenvalue weighted by molar-refractivity contribution is 5.83. The van der Waals surface area contributed by atoms with E-state index in [4.69, 9.17) is 4.74 Å². The first kappa shape index (κ1) is 13.3. The molecule has 5 heteroatoms. The number of benzene rings is 1. The first-order valence-corrected chi connectivity index (χ1v) is 6.51. The molecular formula is C14H18N4O. The quantitative estimate of drug-likeness (QED) is 0.567. The summed E-state index contributed by atoms with van der Waals surface area (Å²) in [5, 5.41) is 11.6. The monoisotopic (exact) mass is 258 g/mol. The molecule has 100 valence electrons. The van der Waals surface area contributed by atoms with Crippen molar-refractivity contribution >= 4 is 6.21 Å². The Hall–Kier alpha value is -2.17. The van der Waals surface area contributed by atoms with Gasteiger partial charge >= 0.3 is 0 Å². The van der Waals surface area contributed by atoms with E-state index in [1.165, 1.54) is 12.8 Å². The first-order valence-electron chi connectivity index (χ1n) is 6.51. The summed E-state index contributed by atoms with van der Waals surface area (Å²) in [4.78, 5) is 0. The Labute approximate surface area is 112 Å². The molecule has 0 aliphatic heterocycles. The van der Waals surface area contributed by atoms with Crippen LogP contribution in [-0.4, -0.2) is 27.7 Å². The molecular weight excluding hydrogens is 240 g/mol. The van der Waals surface area contributed by atoms with Crippen molar-refractivity contribution in [2.24, 2.45) is 5.10 Å². The summed E-state index contributed by atoms with van der Waals surface area (Å²) in [5.74, 6) is 0.857. The molecule has 5 nitrogen and oxygen atoms in total. The maximum Gasteiger partial charge on any atom is 0.141 e. The molecule has 0 spiro atoms. The fourth-order valence-corrected chi connectivity index (χ4v) is 1.64. The van der Waals surface area contributed by atoms with Crippen molar-refractivity contribution in [2.45, 2.75) is 26.2 Å². The Morgan fingerprint density at radius 1 is 1.21 bits per heavy atom. The van der Waals surface area contributed by atoms with Crippen molar-refractivity contribution in [3.05, 3.63) is 42.5 Å². The van der Waals surface area contributed by atoms with Gasteiger partial charge in [-0.3, -0.25) is 0 Å². The summed E-state index contributed by atoms with van der Waals surface area (Å²) < 4.78 is 7.33. The summed E-state index contributed by atoms with van der Waals surface area (Å²) >= 11 is 0. The number of hydrogen-bond donors (Lipinski definition) is 0. The number of unbranched alkanes of at least 4 members (excludes halogenated alkanes) is 2. The molecule has 0 saturated carbocycles. The van der Waals surface area contributed by atoms with Crippen LogP contribution in [0, 0.1) is 0 Å². The minimum atomic E-state index is 0.741. The fourth-order valence-electron chi connectivity index (χ4n) is 1.64. The molecule has 0 radical (unpaired) electrons. The van der Waals surface area contributed by atoms with E-state index in [1.807, 2.05) is 24.3 Å². The van der Waals surface area contributed by atoms with E-state index in [9.17, 15) is 0 Å². The highest BCUT2D eigenvalue weighted by Crippen LogP contribution is 2.16. The van der Waals surface area contributed by atoms with Gasteiger partial charge in [-0.05, 0) is 18.6 Å². The molecule has 0 aliphatic rings. The standard InChI is InChI=1S/C14H18N4O/c1-2-3-6-9-19-14-8-5-4-7-13(14)10-17-18-11-15-16-12-18/h4-5,7-8,10-12H,2-3,6,9H2,1H3/b17-10+. The molecule has 0 saturated heterocycles. The normalized spacial score (nSPS) is 11.0. The maximum atomic E-state index is 5.78. The lowest BCUT2D eigenvalue weighted by atomic mass is 10.2. The minimum Gasteiger partial charge on any atom is -0.493 e. The van der Waals surface area contributed by atoms with Gasteiger partial charge in [-0.15, -0.1) is 10.2 Å². The van der Waals surface area contributed by atoms with Crippen LogP contribution in [0.3, 0.4) is 0 Å². The molecule has 1 aromatic heterocycles. The largest absolute Gasteiger partial charge is 0.493 e. The van der Waals surface area contributed by atoms with Gasteiger partial charge in [-0.25, -0.2) is 4.68 Å². The van der Waals surface area contributed by atoms with Crippen LogP contribution in [0.4, 0.5) is 0 Å². The van der Waals surface area contributed by atoms with Gasteiger partial charge in [0.25, 0.3) is 0 Å². The predicted molar refractivity (Wildman–Crippen MR) is 74.5 cm³/mol. The van der Waals surface area contributed by atoms with Crippen molar-refractivity contribution in [3.63, 3.8) is 0 Å². The summed E-state index contributed by atoms with van der Waals surface area (Å²) in [7, 11) is 0. The molecule has 0 N–H and O–H groups in total. The predicted octanol–water partition coefficient (Wildman–Crippen LogP) is 2.73. The Bertz CT molecular complexity index is 508. The number of ether oxygens (including phenoxy) is 1. The second-order valence-corrected chi connectivity index (χ2v) is 4.18. The van der Waals surface area contributed by atoms with E-state index in [1.54, 1.807) is 23.5 Å². The zero-order valence-electron chi connectivity index (χ0n) is 11.1. The number of para-hydroxylation sites is 1. The molecule has 0 fully saturated rings. The van der Waals surface area contributed by atoms with E-state index >= 15 is 0 Å². The minimum absolute atomic E-state index is 0.741. The number of aromatic nitrogens is 3. The molecule has 0 bridgehead atoms. The van der Waals surface area contributed by atoms with Gasteiger partial charge in [0.1, 0.15) is 18.4 Å². The van der Waals surface area contributed by atoms with Gasteiger partial charge in [-0.1, -0.05) is 31.9 Å². The average Bonchev–Trinajstić information content (AvgIpc) is 2.96. The second-order valence-electron chi connectivity index (χ2n) is 4.18. The van der Waals surface area contributed by atoms with Crippen LogP contribution in [-0.2, 0) is 0 Å². The summed E-state index contributed by atoms with van der Waals surface area (Å²) in [6.45, 7) is 2.92. The van der Waals surface area contributed by atoms with Crippen LogP contribution in [0.1, 0.15) is 31.7 Å². The lowest BCUT2D eigenvalue weighted by molar-refractivity contribution is 0.306. The third-order valence-corrected chi connectivity index (χ3v) is 2.66. The number of rotatable bonds is 7. The Morgan fingerprint density at radius 2 is 2.00 bits per heavy atom. The van der Waals surface area contributed by atoms with Gasteiger partial charge in [-0.2, -0.15) is 5.10 Å². The number of nitrogens with zero attached hydrogens (tertiary/aromatic N) is 4. The van der Waals surface area contributed by atoms with Gasteiger partial charge < -0.3 is 4.74 Å². The molecule has 19 heavy (non-hydrogen) atoms. The van der Waals surface area contributed by atoms with Crippen LogP contribution in [0.25, 0.3) is 0 Å². The van der Waals surface area contributed by atoms with E-state index in [0.717, 1.165) is 24.3 Å². The van der Waals surface area contributed by atoms with Crippen molar-refractivity contribution in [1.29, 1.82) is 0 Å². The number of hydrogen-bond acceptors (Lipinski definition) is 4. The third-order valence-electron chi connectivity index (χ3n) is 2.66. The smallest absolute Gasteiger partial charge is 0.141 e. The van der Waals surface area contributed by atoms with Crippen molar-refractivity contribution in [2.75, 3.05) is 6.61 Å². The summed E-state index contributed by atoms with van der Waals surface area (Å²) in [6, 6.07) is 7.86. The molecule has 1 heterocycles. The average molecular weight is 258 g/mol. The Kier molecular flexibility index (Phi) is 5.10. The van der Waals surface area contributed by atoms with Crippen molar-refractivity contribution < 1.29 is 4.74 Å². The lowest BCUT2D eigenvalue weighted by Gasteiger charge is -2.08. The molecule has 0 unspecified atom stereocenters. The Morgan fingerprint density at radius 3 is 2.79 bits per heavy atom. The van der Waals surface area contributed by atoms with E-state index < -0.39 is 0 Å². The molecule has 0 aliphatic carbocycles. The van der Waals surface area contributed by atoms with Crippen LogP contribution < -0.4 is 4.74 Å². The van der Waals surface area contributed by atoms with Crippen molar-refractivity contribution in [3.8, 4) is 5.75 Å². The molecule has 1 aromatic carbocycles. The summed E-state index contributed by atoms with van der Waals surface area (Å²) in [6.07, 6.45) is 8.30. The first-order chi connectivity index (χ1) is 9.40. The summed E-state index contributed by atoms with van der Waals surface area (Å²) in [5.41, 5.74) is 0.952. The fraction of sp³-hybridized carbons (Fsp3) is 0.357. The topological polar surface area (TPSA) is 52.3 Å². The highest BCUT2D eigenvalue weighted by Gasteiger charge is 2.00. The van der Waals surface area contributed by atoms with E-state index in [-0.39, 0.29) is 0 Å². The van der Waals surface area contributed by atoms with Crippen LogP contribution >= 0.6 is 0 Å². The van der Waals surface area contributed by atoms with Gasteiger partial charge in [0.05, 0.1) is 12.8 Å². The maximum absolute atomic E-state index is 5.78. The van der Waals surface area contributed by atoms with Crippen LogP contribution in [0.5, 0.6) is 5.75 Å². The lowest BCUT2D eigenvalue weighted by Crippen LogP contribution is -2.00. The molecule has 2 rings (SSSR count). The van der Waals surface area contributed by atoms with Gasteiger partial charge in [0.15, 0.2) is 0 Å². The molecule has 0 atom stereocenters. The molecule has 0 amide bonds. The van der Waals surface area contributed by atoms with Crippen LogP contribution in [0.2, 0.25) is 0 Å². The van der Waals surface area contributed by atoms with Gasteiger partial charge in [0.2, 0.25) is 0 Å². The van der Waals surface area contributed by atoms with Crippen LogP contribution in [0.15, 0.2) is 42.0 Å². The zero-order valence-corrected chi connectivity index (χ0v) is 11.1. The highest BCUT2D eigenvalue weighted by atomic mass is 16.5. The molecule has 2 aromatic rings. The van der Waals surface area contributed by atoms with E-state index in [0.29, 0.717) is 0 Å². The third kappa shape index (κ3) is 4.21. The van der Waals surface area contributed by atoms with Crippen molar-refractivity contribution in [1.82, 2.24) is 14.9 Å². The Balaban J connectivity index is 1.99. The zero-order chi connectivity index (χ0) is 13.3. The SMILES string of the molecule is CCCCCOc1ccccc1/C=N/n1cnnc1. The van der Waals surface area contributed by atoms with E-state index in [2.05, 4.69) is 22.2 Å². The second kappa shape index (κ2) is 7.31. The van der Waals surface area contributed by atoms with Gasteiger partial charge in [0, 0.05) is 5.56 Å².